The van der Waals surface area contributed by atoms with Gasteiger partial charge in [-0.2, -0.15) is 13.2 Å². The molecule has 1 aliphatic heterocycles. The van der Waals surface area contributed by atoms with E-state index in [0.717, 1.165) is 11.1 Å². The van der Waals surface area contributed by atoms with Crippen LogP contribution in [0.2, 0.25) is 0 Å². The fourth-order valence-electron chi connectivity index (χ4n) is 3.91. The zero-order valence-corrected chi connectivity index (χ0v) is 13.6. The van der Waals surface area contributed by atoms with Gasteiger partial charge in [0.05, 0.1) is 4.92 Å². The number of non-ortho nitro benzene ring substituents is 1. The molecule has 132 valence electrons. The first-order chi connectivity index (χ1) is 11.1. The molecule has 1 heterocycles. The number of hydrogen-bond acceptors (Lipinski definition) is 4. The summed E-state index contributed by atoms with van der Waals surface area (Å²) in [6, 6.07) is 3.24. The van der Waals surface area contributed by atoms with Gasteiger partial charge in [-0.3, -0.25) is 20.3 Å². The van der Waals surface area contributed by atoms with Crippen LogP contribution in [0.5, 0.6) is 0 Å². The molecule has 0 spiro atoms. The molecule has 1 aromatic carbocycles. The lowest BCUT2D eigenvalue weighted by molar-refractivity contribution is -0.384. The summed E-state index contributed by atoms with van der Waals surface area (Å²) in [6.07, 6.45) is -3.12. The fraction of sp³-hybridized carbons (Fsp3) is 0.625. The smallest absolute Gasteiger partial charge is 0.292 e. The van der Waals surface area contributed by atoms with Gasteiger partial charge >= 0.3 is 6.18 Å². The van der Waals surface area contributed by atoms with Gasteiger partial charge in [0.2, 0.25) is 0 Å². The van der Waals surface area contributed by atoms with Gasteiger partial charge in [-0.25, -0.2) is 0 Å². The standard InChI is InChI=1S/C16H20F3N3O2/c1-10(2)15(21-8-14(20-9-21)16(17,18)19)6-11-3-4-13(22(23)24)5-12(11)7-15/h3-5,10,14,20H,6-9H2,1-2H3. The van der Waals surface area contributed by atoms with Gasteiger partial charge in [0.15, 0.2) is 0 Å². The third-order valence-electron chi connectivity index (χ3n) is 5.42. The Labute approximate surface area is 138 Å². The number of halogens is 3. The predicted octanol–water partition coefficient (Wildman–Crippen LogP) is 2.88. The quantitative estimate of drug-likeness (QED) is 0.677. The lowest BCUT2D eigenvalue weighted by atomic mass is 9.82. The van der Waals surface area contributed by atoms with Crippen LogP contribution in [0, 0.1) is 16.0 Å². The number of rotatable bonds is 3. The summed E-state index contributed by atoms with van der Waals surface area (Å²) in [7, 11) is 0. The number of nitrogens with one attached hydrogen (secondary N) is 1. The Morgan fingerprint density at radius 3 is 2.54 bits per heavy atom. The number of fused-ring (bicyclic) bond motifs is 1. The molecule has 8 heteroatoms. The number of nitrogens with zero attached hydrogens (tertiary/aromatic N) is 2. The highest BCUT2D eigenvalue weighted by molar-refractivity contribution is 5.45. The van der Waals surface area contributed by atoms with Crippen LogP contribution in [-0.4, -0.2) is 40.8 Å². The number of benzene rings is 1. The van der Waals surface area contributed by atoms with Crippen LogP contribution < -0.4 is 5.32 Å². The summed E-state index contributed by atoms with van der Waals surface area (Å²) >= 11 is 0. The van der Waals surface area contributed by atoms with E-state index < -0.39 is 22.7 Å². The Hall–Kier alpha value is -1.67. The van der Waals surface area contributed by atoms with Crippen LogP contribution in [0.15, 0.2) is 18.2 Å². The maximum Gasteiger partial charge on any atom is 0.405 e. The van der Waals surface area contributed by atoms with E-state index in [9.17, 15) is 23.3 Å². The highest BCUT2D eigenvalue weighted by Gasteiger charge is 2.51. The number of nitro benzene ring substituents is 1. The van der Waals surface area contributed by atoms with Gasteiger partial charge in [0.25, 0.3) is 5.69 Å². The molecule has 0 radical (unpaired) electrons. The van der Waals surface area contributed by atoms with Gasteiger partial charge < -0.3 is 0 Å². The normalized spacial score (nSPS) is 27.7. The molecule has 1 saturated heterocycles. The van der Waals surface area contributed by atoms with Gasteiger partial charge in [0, 0.05) is 30.9 Å². The zero-order chi connectivity index (χ0) is 17.7. The topological polar surface area (TPSA) is 58.4 Å². The van der Waals surface area contributed by atoms with Crippen LogP contribution in [0.25, 0.3) is 0 Å². The minimum absolute atomic E-state index is 0.0287. The molecule has 0 aromatic heterocycles. The molecule has 0 saturated carbocycles. The van der Waals surface area contributed by atoms with Gasteiger partial charge in [-0.1, -0.05) is 19.9 Å². The van der Waals surface area contributed by atoms with E-state index >= 15 is 0 Å². The van der Waals surface area contributed by atoms with Crippen LogP contribution in [0.4, 0.5) is 18.9 Å². The Balaban J connectivity index is 1.88. The van der Waals surface area contributed by atoms with Gasteiger partial charge in [-0.05, 0) is 29.9 Å². The van der Waals surface area contributed by atoms with Crippen molar-refractivity contribution >= 4 is 5.69 Å². The first kappa shape index (κ1) is 17.2. The number of alkyl halides is 3. The largest absolute Gasteiger partial charge is 0.405 e. The van der Waals surface area contributed by atoms with E-state index in [-0.39, 0.29) is 24.8 Å². The molecule has 0 bridgehead atoms. The summed E-state index contributed by atoms with van der Waals surface area (Å²) < 4.78 is 39.0. The Morgan fingerprint density at radius 2 is 2.00 bits per heavy atom. The summed E-state index contributed by atoms with van der Waals surface area (Å²) in [5, 5.41) is 13.5. The van der Waals surface area contributed by atoms with E-state index in [1.807, 2.05) is 18.7 Å². The van der Waals surface area contributed by atoms with Gasteiger partial charge in [-0.15, -0.1) is 0 Å². The molecule has 1 fully saturated rings. The van der Waals surface area contributed by atoms with Crippen molar-refractivity contribution in [3.63, 3.8) is 0 Å². The second kappa shape index (κ2) is 5.70. The lowest BCUT2D eigenvalue weighted by Gasteiger charge is -2.42. The SMILES string of the molecule is CC(C)C1(N2CNC(C(F)(F)F)C2)Cc2ccc([N+](=O)[O-])cc2C1. The molecule has 2 unspecified atom stereocenters. The van der Waals surface area contributed by atoms with E-state index in [1.165, 1.54) is 6.07 Å². The highest BCUT2D eigenvalue weighted by Crippen LogP contribution is 2.42. The number of hydrogen-bond donors (Lipinski definition) is 1. The Morgan fingerprint density at radius 1 is 1.33 bits per heavy atom. The van der Waals surface area contributed by atoms with Crippen molar-refractivity contribution in [3.8, 4) is 0 Å². The second-order valence-electron chi connectivity index (χ2n) is 7.00. The van der Waals surface area contributed by atoms with Crippen LogP contribution >= 0.6 is 0 Å². The Kier molecular flexibility index (Phi) is 4.08. The minimum Gasteiger partial charge on any atom is -0.292 e. The predicted molar refractivity (Wildman–Crippen MR) is 82.6 cm³/mol. The molecule has 2 atom stereocenters. The average Bonchev–Trinajstić information content (AvgIpc) is 3.11. The summed E-state index contributed by atoms with van der Waals surface area (Å²) in [4.78, 5) is 12.4. The van der Waals surface area contributed by atoms with E-state index in [0.29, 0.717) is 12.8 Å². The summed E-state index contributed by atoms with van der Waals surface area (Å²) in [5.74, 6) is 0.123. The molecule has 1 aromatic rings. The lowest BCUT2D eigenvalue weighted by Crippen LogP contribution is -2.53. The first-order valence-corrected chi connectivity index (χ1v) is 7.95. The van der Waals surface area contributed by atoms with E-state index in [1.54, 1.807) is 12.1 Å². The molecule has 2 aliphatic rings. The van der Waals surface area contributed by atoms with Crippen molar-refractivity contribution in [1.82, 2.24) is 10.2 Å². The summed E-state index contributed by atoms with van der Waals surface area (Å²) in [5.41, 5.74) is 1.45. The summed E-state index contributed by atoms with van der Waals surface area (Å²) in [6.45, 7) is 4.10. The first-order valence-electron chi connectivity index (χ1n) is 7.95. The molecule has 1 aliphatic carbocycles. The van der Waals surface area contributed by atoms with E-state index in [2.05, 4.69) is 5.32 Å². The maximum absolute atomic E-state index is 13.0. The molecule has 0 amide bonds. The van der Waals surface area contributed by atoms with Crippen molar-refractivity contribution in [2.45, 2.75) is 44.4 Å². The second-order valence-corrected chi connectivity index (χ2v) is 7.00. The molecule has 3 rings (SSSR count). The fourth-order valence-corrected chi connectivity index (χ4v) is 3.91. The van der Waals surface area contributed by atoms with Crippen LogP contribution in [0.1, 0.15) is 25.0 Å². The van der Waals surface area contributed by atoms with Gasteiger partial charge in [0.1, 0.15) is 6.04 Å². The molecule has 24 heavy (non-hydrogen) atoms. The molecular formula is C16H20F3N3O2. The van der Waals surface area contributed by atoms with Crippen molar-refractivity contribution in [3.05, 3.63) is 39.4 Å². The average molecular weight is 343 g/mol. The third kappa shape index (κ3) is 2.77. The third-order valence-corrected chi connectivity index (χ3v) is 5.42. The minimum atomic E-state index is -4.27. The molecular weight excluding hydrogens is 323 g/mol. The molecule has 5 nitrogen and oxygen atoms in total. The highest BCUT2D eigenvalue weighted by atomic mass is 19.4. The monoisotopic (exact) mass is 343 g/mol. The van der Waals surface area contributed by atoms with Crippen LogP contribution in [0.3, 0.4) is 0 Å². The zero-order valence-electron chi connectivity index (χ0n) is 13.6. The van der Waals surface area contributed by atoms with Crippen LogP contribution in [-0.2, 0) is 12.8 Å². The van der Waals surface area contributed by atoms with Crippen molar-refractivity contribution < 1.29 is 18.1 Å². The van der Waals surface area contributed by atoms with Crippen molar-refractivity contribution in [1.29, 1.82) is 0 Å². The van der Waals surface area contributed by atoms with Crippen molar-refractivity contribution in [2.24, 2.45) is 5.92 Å². The molecule has 1 N–H and O–H groups in total. The van der Waals surface area contributed by atoms with E-state index in [4.69, 9.17) is 0 Å². The van der Waals surface area contributed by atoms with Crippen molar-refractivity contribution in [2.75, 3.05) is 13.2 Å². The maximum atomic E-state index is 13.0. The Bertz CT molecular complexity index is 662. The number of nitro groups is 1.